The molecule has 1 aromatic rings. The van der Waals surface area contributed by atoms with Gasteiger partial charge in [0.1, 0.15) is 0 Å². The first-order chi connectivity index (χ1) is 8.22. The van der Waals surface area contributed by atoms with Crippen LogP contribution in [0.2, 0.25) is 0 Å². The zero-order valence-electron chi connectivity index (χ0n) is 9.74. The Balaban J connectivity index is 2.01. The number of hydrogen-bond acceptors (Lipinski definition) is 2. The monoisotopic (exact) mass is 248 g/mol. The summed E-state index contributed by atoms with van der Waals surface area (Å²) in [6, 6.07) is 6.30. The molecular weight excluding hydrogens is 232 g/mol. The first-order valence-electron chi connectivity index (χ1n) is 6.22. The molecule has 0 radical (unpaired) electrons. The second-order valence-corrected chi connectivity index (χ2v) is 6.15. The summed E-state index contributed by atoms with van der Waals surface area (Å²) < 4.78 is 0. The largest absolute Gasteiger partial charge is 0.481 e. The van der Waals surface area contributed by atoms with Crippen molar-refractivity contribution in [2.45, 2.75) is 42.4 Å². The van der Waals surface area contributed by atoms with Gasteiger partial charge in [0.25, 0.3) is 0 Å². The molecule has 1 aliphatic carbocycles. The number of rotatable bonds is 2. The first kappa shape index (κ1) is 11.1. The Kier molecular flexibility index (Phi) is 2.66. The van der Waals surface area contributed by atoms with Crippen molar-refractivity contribution in [2.75, 3.05) is 5.75 Å². The molecular formula is C14H16O2S. The van der Waals surface area contributed by atoms with Crippen LogP contribution in [0.4, 0.5) is 0 Å². The second-order valence-electron chi connectivity index (χ2n) is 5.02. The van der Waals surface area contributed by atoms with Gasteiger partial charge in [0, 0.05) is 4.90 Å². The van der Waals surface area contributed by atoms with Crippen LogP contribution in [0, 0.1) is 0 Å². The summed E-state index contributed by atoms with van der Waals surface area (Å²) in [5, 5.41) is 9.44. The first-order valence-corrected chi connectivity index (χ1v) is 7.20. The molecule has 1 N–H and O–H groups in total. The highest BCUT2D eigenvalue weighted by Crippen LogP contribution is 2.45. The molecule has 1 aromatic carbocycles. The fraction of sp³-hybridized carbons (Fsp3) is 0.500. The minimum Gasteiger partial charge on any atom is -0.481 e. The number of carboxylic acids is 1. The van der Waals surface area contributed by atoms with Gasteiger partial charge in [0.15, 0.2) is 0 Å². The number of carbonyl (C=O) groups is 1. The summed E-state index contributed by atoms with van der Waals surface area (Å²) in [4.78, 5) is 12.8. The highest BCUT2D eigenvalue weighted by Gasteiger charge is 2.46. The Morgan fingerprint density at radius 1 is 1.29 bits per heavy atom. The molecule has 0 spiro atoms. The molecule has 0 amide bonds. The van der Waals surface area contributed by atoms with E-state index in [2.05, 4.69) is 12.1 Å². The van der Waals surface area contributed by atoms with Crippen molar-refractivity contribution in [3.8, 4) is 0 Å². The Morgan fingerprint density at radius 3 is 2.76 bits per heavy atom. The van der Waals surface area contributed by atoms with Crippen LogP contribution in [0.5, 0.6) is 0 Å². The molecule has 1 aliphatic heterocycles. The lowest BCUT2D eigenvalue weighted by atomic mass is 9.64. The van der Waals surface area contributed by atoms with Gasteiger partial charge >= 0.3 is 5.97 Å². The fourth-order valence-corrected chi connectivity index (χ4v) is 3.83. The van der Waals surface area contributed by atoms with Crippen LogP contribution in [-0.4, -0.2) is 16.8 Å². The van der Waals surface area contributed by atoms with Gasteiger partial charge in [-0.15, -0.1) is 11.8 Å². The van der Waals surface area contributed by atoms with Gasteiger partial charge in [-0.1, -0.05) is 18.6 Å². The maximum Gasteiger partial charge on any atom is 0.314 e. The number of carboxylic acid groups (broad SMARTS) is 1. The Bertz CT molecular complexity index is 463. The highest BCUT2D eigenvalue weighted by molar-refractivity contribution is 7.99. The van der Waals surface area contributed by atoms with Gasteiger partial charge in [0.2, 0.25) is 0 Å². The highest BCUT2D eigenvalue weighted by atomic mass is 32.2. The van der Waals surface area contributed by atoms with Crippen LogP contribution in [0.25, 0.3) is 0 Å². The fourth-order valence-electron chi connectivity index (χ4n) is 2.81. The van der Waals surface area contributed by atoms with Crippen LogP contribution in [0.3, 0.4) is 0 Å². The molecule has 0 unspecified atom stereocenters. The summed E-state index contributed by atoms with van der Waals surface area (Å²) in [7, 11) is 0. The standard InChI is InChI=1S/C14H16O2S/c15-13(16)14(6-2-7-14)11-4-5-12-10(9-11)3-1-8-17-12/h4-5,9H,1-3,6-8H2,(H,15,16). The van der Waals surface area contributed by atoms with Crippen molar-refractivity contribution in [3.63, 3.8) is 0 Å². The van der Waals surface area contributed by atoms with E-state index in [1.54, 1.807) is 0 Å². The van der Waals surface area contributed by atoms with Crippen molar-refractivity contribution in [2.24, 2.45) is 0 Å². The number of fused-ring (bicyclic) bond motifs is 1. The predicted octanol–water partition coefficient (Wildman–Crippen LogP) is 3.23. The van der Waals surface area contributed by atoms with Gasteiger partial charge in [0.05, 0.1) is 5.41 Å². The van der Waals surface area contributed by atoms with E-state index >= 15 is 0 Å². The number of aryl methyl sites for hydroxylation is 1. The van der Waals surface area contributed by atoms with Gasteiger partial charge < -0.3 is 5.11 Å². The summed E-state index contributed by atoms with van der Waals surface area (Å²) in [5.41, 5.74) is 1.81. The van der Waals surface area contributed by atoms with Crippen LogP contribution < -0.4 is 0 Å². The minimum absolute atomic E-state index is 0.572. The molecule has 2 nitrogen and oxygen atoms in total. The Labute approximate surface area is 105 Å². The van der Waals surface area contributed by atoms with Gasteiger partial charge in [-0.2, -0.15) is 0 Å². The SMILES string of the molecule is O=C(O)C1(c2ccc3c(c2)CCCS3)CCC1. The third kappa shape index (κ3) is 1.68. The lowest BCUT2D eigenvalue weighted by Gasteiger charge is -2.38. The van der Waals surface area contributed by atoms with Crippen molar-refractivity contribution in [1.29, 1.82) is 0 Å². The number of aliphatic carboxylic acids is 1. The molecule has 1 saturated carbocycles. The zero-order chi connectivity index (χ0) is 11.9. The molecule has 0 aromatic heterocycles. The van der Waals surface area contributed by atoms with E-state index in [9.17, 15) is 9.90 Å². The van der Waals surface area contributed by atoms with Gasteiger partial charge in [-0.25, -0.2) is 0 Å². The maximum absolute atomic E-state index is 11.5. The molecule has 3 rings (SSSR count). The van der Waals surface area contributed by atoms with Crippen LogP contribution >= 0.6 is 11.8 Å². The Morgan fingerprint density at radius 2 is 2.12 bits per heavy atom. The van der Waals surface area contributed by atoms with Crippen LogP contribution in [0.15, 0.2) is 23.1 Å². The zero-order valence-corrected chi connectivity index (χ0v) is 10.6. The van der Waals surface area contributed by atoms with E-state index in [1.165, 1.54) is 22.6 Å². The molecule has 0 saturated heterocycles. The van der Waals surface area contributed by atoms with Gasteiger partial charge in [-0.3, -0.25) is 4.79 Å². The number of thioether (sulfide) groups is 1. The molecule has 2 aliphatic rings. The summed E-state index contributed by atoms with van der Waals surface area (Å²) in [6.07, 6.45) is 4.95. The summed E-state index contributed by atoms with van der Waals surface area (Å²) in [6.45, 7) is 0. The van der Waals surface area contributed by atoms with Gasteiger partial charge in [-0.05, 0) is 48.6 Å². The number of hydrogen-bond donors (Lipinski definition) is 1. The molecule has 1 heterocycles. The topological polar surface area (TPSA) is 37.3 Å². The van der Waals surface area contributed by atoms with Crippen LogP contribution in [0.1, 0.15) is 36.8 Å². The normalized spacial score (nSPS) is 21.4. The molecule has 90 valence electrons. The van der Waals surface area contributed by atoms with E-state index in [4.69, 9.17) is 0 Å². The molecule has 3 heteroatoms. The minimum atomic E-state index is -0.646. The molecule has 17 heavy (non-hydrogen) atoms. The lowest BCUT2D eigenvalue weighted by molar-refractivity contribution is -0.147. The second kappa shape index (κ2) is 4.05. The van der Waals surface area contributed by atoms with E-state index in [1.807, 2.05) is 17.8 Å². The summed E-state index contributed by atoms with van der Waals surface area (Å²) in [5.74, 6) is 0.545. The Hall–Kier alpha value is -0.960. The average molecular weight is 248 g/mol. The van der Waals surface area contributed by atoms with E-state index in [0.29, 0.717) is 0 Å². The van der Waals surface area contributed by atoms with Crippen molar-refractivity contribution < 1.29 is 9.90 Å². The predicted molar refractivity (Wildman–Crippen MR) is 68.7 cm³/mol. The smallest absolute Gasteiger partial charge is 0.314 e. The average Bonchev–Trinajstić information content (AvgIpc) is 2.27. The maximum atomic E-state index is 11.5. The molecule has 0 bridgehead atoms. The lowest BCUT2D eigenvalue weighted by Crippen LogP contribution is -2.42. The third-order valence-electron chi connectivity index (χ3n) is 4.08. The summed E-state index contributed by atoms with van der Waals surface area (Å²) >= 11 is 1.89. The van der Waals surface area contributed by atoms with E-state index < -0.39 is 11.4 Å². The van der Waals surface area contributed by atoms with Crippen molar-refractivity contribution >= 4 is 17.7 Å². The third-order valence-corrected chi connectivity index (χ3v) is 5.28. The van der Waals surface area contributed by atoms with Crippen molar-refractivity contribution in [3.05, 3.63) is 29.3 Å². The van der Waals surface area contributed by atoms with Crippen molar-refractivity contribution in [1.82, 2.24) is 0 Å². The number of benzene rings is 1. The van der Waals surface area contributed by atoms with E-state index in [-0.39, 0.29) is 0 Å². The van der Waals surface area contributed by atoms with Crippen LogP contribution in [-0.2, 0) is 16.6 Å². The van der Waals surface area contributed by atoms with E-state index in [0.717, 1.165) is 31.2 Å². The quantitative estimate of drug-likeness (QED) is 0.873. The molecule has 1 fully saturated rings. The molecule has 0 atom stereocenters.